The number of hydrogen-bond acceptors (Lipinski definition) is 8. The van der Waals surface area contributed by atoms with Crippen molar-refractivity contribution < 1.29 is 18.6 Å². The van der Waals surface area contributed by atoms with Crippen LogP contribution in [0.3, 0.4) is 0 Å². The minimum atomic E-state index is -2.76. The van der Waals surface area contributed by atoms with Gasteiger partial charge in [-0.05, 0) is 20.3 Å². The van der Waals surface area contributed by atoms with E-state index < -0.39 is 5.77 Å². The lowest BCUT2D eigenvalue weighted by molar-refractivity contribution is 0.310. The highest BCUT2D eigenvalue weighted by Crippen LogP contribution is 2.70. The van der Waals surface area contributed by atoms with Crippen molar-refractivity contribution in [2.24, 2.45) is 0 Å². The summed E-state index contributed by atoms with van der Waals surface area (Å²) >= 11 is 2.66. The molecule has 1 aromatic heterocycles. The summed E-state index contributed by atoms with van der Waals surface area (Å²) in [6, 6.07) is 1.98. The second-order valence-corrected chi connectivity index (χ2v) is 11.6. The zero-order chi connectivity index (χ0) is 16.4. The summed E-state index contributed by atoms with van der Waals surface area (Å²) in [4.78, 5) is 8.36. The van der Waals surface area contributed by atoms with E-state index in [0.717, 1.165) is 12.2 Å². The predicted molar refractivity (Wildman–Crippen MR) is 93.0 cm³/mol. The fourth-order valence-electron chi connectivity index (χ4n) is 1.45. The van der Waals surface area contributed by atoms with E-state index in [-0.39, 0.29) is 6.01 Å². The van der Waals surface area contributed by atoms with Gasteiger partial charge in [0.15, 0.2) is 0 Å². The summed E-state index contributed by atoms with van der Waals surface area (Å²) in [5.74, 6) is -1.05. The fraction of sp³-hybridized carbons (Fsp3) is 0.692. The van der Waals surface area contributed by atoms with Crippen molar-refractivity contribution in [2.45, 2.75) is 32.9 Å². The highest BCUT2D eigenvalue weighted by molar-refractivity contribution is 8.89. The maximum absolute atomic E-state index is 12.7. The van der Waals surface area contributed by atoms with Gasteiger partial charge in [-0.15, -0.1) is 0 Å². The lowest BCUT2D eigenvalue weighted by atomic mass is 10.4. The maximum atomic E-state index is 12.7. The number of methoxy groups -OCH3 is 1. The molecule has 0 aliphatic carbocycles. The van der Waals surface area contributed by atoms with Crippen molar-refractivity contribution in [3.63, 3.8) is 0 Å². The molecule has 9 heteroatoms. The van der Waals surface area contributed by atoms with Crippen LogP contribution in [-0.4, -0.2) is 36.0 Å². The average molecular weight is 366 g/mol. The molecular formula is C13H23N2O4PS2. The third kappa shape index (κ3) is 6.77. The molecular weight excluding hydrogens is 343 g/mol. The van der Waals surface area contributed by atoms with Gasteiger partial charge in [-0.2, -0.15) is 9.97 Å². The van der Waals surface area contributed by atoms with Crippen LogP contribution in [0.1, 0.15) is 32.9 Å². The van der Waals surface area contributed by atoms with Gasteiger partial charge in [0.25, 0.3) is 0 Å². The van der Waals surface area contributed by atoms with Gasteiger partial charge in [-0.1, -0.05) is 29.7 Å². The standard InChI is InChI=1S/C13H23N2O4PS2/c1-5-8-21-20(16,19-7-3)22-10-11-9-12(18-6-2)15-13(14-11)17-4/h9H,5-8,10H2,1-4H3. The second-order valence-electron chi connectivity index (χ2n) is 4.09. The molecule has 0 spiro atoms. The van der Waals surface area contributed by atoms with E-state index in [1.54, 1.807) is 6.07 Å². The Labute approximate surface area is 140 Å². The molecule has 0 fully saturated rings. The van der Waals surface area contributed by atoms with Crippen molar-refractivity contribution in [1.29, 1.82) is 0 Å². The molecule has 1 unspecified atom stereocenters. The molecule has 126 valence electrons. The van der Waals surface area contributed by atoms with E-state index in [4.69, 9.17) is 14.0 Å². The maximum Gasteiger partial charge on any atom is 0.319 e. The van der Waals surface area contributed by atoms with Gasteiger partial charge in [0.1, 0.15) is 0 Å². The Balaban J connectivity index is 2.79. The normalized spacial score (nSPS) is 13.6. The number of hydrogen-bond donors (Lipinski definition) is 0. The zero-order valence-corrected chi connectivity index (χ0v) is 15.9. The Hall–Kier alpha value is -0.430. The molecule has 0 aromatic carbocycles. The third-order valence-electron chi connectivity index (χ3n) is 2.32. The highest BCUT2D eigenvalue weighted by Gasteiger charge is 2.24. The van der Waals surface area contributed by atoms with Crippen LogP contribution < -0.4 is 9.47 Å². The summed E-state index contributed by atoms with van der Waals surface area (Å²) in [5, 5.41) is 0. The molecule has 0 bridgehead atoms. The molecule has 6 nitrogen and oxygen atoms in total. The summed E-state index contributed by atoms with van der Waals surface area (Å²) in [6.45, 7) is 6.72. The molecule has 0 aliphatic heterocycles. The van der Waals surface area contributed by atoms with Gasteiger partial charge < -0.3 is 14.0 Å². The number of rotatable bonds is 11. The van der Waals surface area contributed by atoms with Crippen LogP contribution in [-0.2, 0) is 14.8 Å². The smallest absolute Gasteiger partial charge is 0.319 e. The Morgan fingerprint density at radius 2 is 1.95 bits per heavy atom. The summed E-state index contributed by atoms with van der Waals surface area (Å²) < 4.78 is 28.6. The van der Waals surface area contributed by atoms with Gasteiger partial charge in [0.2, 0.25) is 5.88 Å². The first-order valence-electron chi connectivity index (χ1n) is 7.15. The molecule has 0 aliphatic rings. The van der Waals surface area contributed by atoms with E-state index >= 15 is 0 Å². The average Bonchev–Trinajstić information content (AvgIpc) is 2.51. The monoisotopic (exact) mass is 366 g/mol. The third-order valence-corrected chi connectivity index (χ3v) is 9.91. The van der Waals surface area contributed by atoms with Crippen LogP contribution in [0.2, 0.25) is 0 Å². The van der Waals surface area contributed by atoms with Gasteiger partial charge in [0, 0.05) is 17.6 Å². The van der Waals surface area contributed by atoms with E-state index in [9.17, 15) is 4.57 Å². The van der Waals surface area contributed by atoms with Gasteiger partial charge >= 0.3 is 11.8 Å². The molecule has 0 saturated heterocycles. The molecule has 1 heterocycles. The molecule has 0 amide bonds. The summed E-state index contributed by atoms with van der Waals surface area (Å²) in [5.41, 5.74) is 0.706. The fourth-order valence-corrected chi connectivity index (χ4v) is 8.05. The van der Waals surface area contributed by atoms with Crippen molar-refractivity contribution in [3.8, 4) is 11.9 Å². The predicted octanol–water partition coefficient (Wildman–Crippen LogP) is 4.40. The molecule has 1 rings (SSSR count). The first-order chi connectivity index (χ1) is 10.6. The molecule has 0 N–H and O–H groups in total. The minimum Gasteiger partial charge on any atom is -0.478 e. The van der Waals surface area contributed by atoms with E-state index in [1.165, 1.54) is 29.9 Å². The first kappa shape index (κ1) is 19.6. The quantitative estimate of drug-likeness (QED) is 0.534. The molecule has 1 atom stereocenters. The van der Waals surface area contributed by atoms with Crippen LogP contribution in [0.25, 0.3) is 0 Å². The Bertz CT molecular complexity index is 505. The van der Waals surface area contributed by atoms with Crippen molar-refractivity contribution in [3.05, 3.63) is 11.8 Å². The summed E-state index contributed by atoms with van der Waals surface area (Å²) in [7, 11) is 1.50. The van der Waals surface area contributed by atoms with Crippen LogP contribution in [0, 0.1) is 0 Å². The molecule has 22 heavy (non-hydrogen) atoms. The Kier molecular flexibility index (Phi) is 9.24. The lowest BCUT2D eigenvalue weighted by Crippen LogP contribution is -2.01. The van der Waals surface area contributed by atoms with Crippen molar-refractivity contribution in [2.75, 3.05) is 26.1 Å². The van der Waals surface area contributed by atoms with E-state index in [1.807, 2.05) is 13.8 Å². The number of nitrogens with zero attached hydrogens (tertiary/aromatic N) is 2. The molecule has 0 radical (unpaired) electrons. The van der Waals surface area contributed by atoms with Crippen LogP contribution in [0.4, 0.5) is 0 Å². The first-order valence-corrected chi connectivity index (χ1v) is 12.0. The molecule has 1 aromatic rings. The van der Waals surface area contributed by atoms with E-state index in [0.29, 0.717) is 30.5 Å². The van der Waals surface area contributed by atoms with Crippen LogP contribution >= 0.6 is 28.5 Å². The largest absolute Gasteiger partial charge is 0.478 e. The highest BCUT2D eigenvalue weighted by atomic mass is 33.1. The SMILES string of the molecule is CCCSP(=O)(OCC)SCc1cc(OCC)nc(OC)n1. The Morgan fingerprint density at radius 1 is 1.18 bits per heavy atom. The number of ether oxygens (including phenoxy) is 2. The van der Waals surface area contributed by atoms with Gasteiger partial charge in [-0.3, -0.25) is 4.57 Å². The zero-order valence-electron chi connectivity index (χ0n) is 13.4. The summed E-state index contributed by atoms with van der Waals surface area (Å²) in [6.07, 6.45) is 0.956. The van der Waals surface area contributed by atoms with E-state index in [2.05, 4.69) is 16.9 Å². The minimum absolute atomic E-state index is 0.244. The number of aromatic nitrogens is 2. The van der Waals surface area contributed by atoms with Crippen molar-refractivity contribution in [1.82, 2.24) is 9.97 Å². The van der Waals surface area contributed by atoms with Crippen LogP contribution in [0.5, 0.6) is 11.9 Å². The lowest BCUT2D eigenvalue weighted by Gasteiger charge is -2.16. The Morgan fingerprint density at radius 3 is 2.55 bits per heavy atom. The molecule has 0 saturated carbocycles. The van der Waals surface area contributed by atoms with Crippen LogP contribution in [0.15, 0.2) is 6.07 Å². The second kappa shape index (κ2) is 10.4. The van der Waals surface area contributed by atoms with Gasteiger partial charge in [0.05, 0.1) is 26.0 Å². The van der Waals surface area contributed by atoms with Crippen molar-refractivity contribution >= 4 is 28.5 Å². The van der Waals surface area contributed by atoms with Gasteiger partial charge in [-0.25, -0.2) is 0 Å². The topological polar surface area (TPSA) is 70.5 Å².